The van der Waals surface area contributed by atoms with Gasteiger partial charge in [-0.3, -0.25) is 9.48 Å². The van der Waals surface area contributed by atoms with Gasteiger partial charge >= 0.3 is 0 Å². The number of nitrogens with zero attached hydrogens (tertiary/aromatic N) is 2. The van der Waals surface area contributed by atoms with Gasteiger partial charge in [0.05, 0.1) is 11.0 Å². The Labute approximate surface area is 153 Å². The van der Waals surface area contributed by atoms with E-state index >= 15 is 0 Å². The van der Waals surface area contributed by atoms with Crippen molar-refractivity contribution < 1.29 is 4.79 Å². The molecule has 122 valence electrons. The van der Waals surface area contributed by atoms with Crippen molar-refractivity contribution in [3.63, 3.8) is 0 Å². The van der Waals surface area contributed by atoms with Crippen molar-refractivity contribution in [2.24, 2.45) is 0 Å². The lowest BCUT2D eigenvalue weighted by atomic mass is 10.1. The number of aromatic nitrogens is 2. The Bertz CT molecular complexity index is 857. The molecular weight excluding hydrogens is 390 g/mol. The molecule has 0 bridgehead atoms. The molecule has 0 atom stereocenters. The summed E-state index contributed by atoms with van der Waals surface area (Å²) in [6, 6.07) is 15.0. The first-order valence-corrected chi connectivity index (χ1v) is 8.54. The summed E-state index contributed by atoms with van der Waals surface area (Å²) < 4.78 is 2.52. The molecule has 1 amide bonds. The summed E-state index contributed by atoms with van der Waals surface area (Å²) in [4.78, 5) is 12.3. The van der Waals surface area contributed by atoms with Crippen molar-refractivity contribution >= 4 is 39.3 Å². The first kappa shape index (κ1) is 16.7. The quantitative estimate of drug-likeness (QED) is 0.672. The molecule has 0 unspecified atom stereocenters. The van der Waals surface area contributed by atoms with Gasteiger partial charge in [0, 0.05) is 16.8 Å². The second kappa shape index (κ2) is 7.20. The Morgan fingerprint density at radius 1 is 1.17 bits per heavy atom. The molecule has 4 nitrogen and oxygen atoms in total. The van der Waals surface area contributed by atoms with Gasteiger partial charge in [-0.2, -0.15) is 5.10 Å². The maximum absolute atomic E-state index is 12.3. The molecule has 1 aromatic heterocycles. The monoisotopic (exact) mass is 403 g/mol. The molecular formula is C18H15BrClN3O. The summed E-state index contributed by atoms with van der Waals surface area (Å²) in [5, 5.41) is 7.82. The summed E-state index contributed by atoms with van der Waals surface area (Å²) in [5.41, 5.74) is 2.89. The third kappa shape index (κ3) is 4.04. The maximum Gasteiger partial charge on any atom is 0.256 e. The van der Waals surface area contributed by atoms with Gasteiger partial charge in [-0.1, -0.05) is 41.4 Å². The predicted octanol–water partition coefficient (Wildman–Crippen LogP) is 4.91. The largest absolute Gasteiger partial charge is 0.304 e. The van der Waals surface area contributed by atoms with Crippen LogP contribution in [0.15, 0.2) is 59.2 Å². The van der Waals surface area contributed by atoms with Crippen LogP contribution in [0.5, 0.6) is 0 Å². The molecule has 0 aliphatic carbocycles. The molecule has 0 radical (unpaired) electrons. The number of halogens is 2. The predicted molar refractivity (Wildman–Crippen MR) is 99.6 cm³/mol. The van der Waals surface area contributed by atoms with E-state index in [9.17, 15) is 4.79 Å². The van der Waals surface area contributed by atoms with Gasteiger partial charge in [-0.15, -0.1) is 0 Å². The van der Waals surface area contributed by atoms with E-state index in [1.54, 1.807) is 28.9 Å². The molecule has 1 N–H and O–H groups in total. The van der Waals surface area contributed by atoms with Crippen molar-refractivity contribution in [3.05, 3.63) is 80.9 Å². The number of anilines is 1. The van der Waals surface area contributed by atoms with Crippen LogP contribution in [0.25, 0.3) is 0 Å². The van der Waals surface area contributed by atoms with Crippen molar-refractivity contribution in [1.29, 1.82) is 0 Å². The van der Waals surface area contributed by atoms with Crippen LogP contribution in [0.3, 0.4) is 0 Å². The number of hydrogen-bond acceptors (Lipinski definition) is 2. The smallest absolute Gasteiger partial charge is 0.256 e. The summed E-state index contributed by atoms with van der Waals surface area (Å²) in [6.07, 6.45) is 1.84. The van der Waals surface area contributed by atoms with Gasteiger partial charge in [0.25, 0.3) is 5.91 Å². The third-order valence-corrected chi connectivity index (χ3v) is 4.35. The Morgan fingerprint density at radius 3 is 2.50 bits per heavy atom. The van der Waals surface area contributed by atoms with E-state index in [0.717, 1.165) is 10.0 Å². The van der Waals surface area contributed by atoms with E-state index in [4.69, 9.17) is 11.6 Å². The average Bonchev–Trinajstić information content (AvgIpc) is 2.89. The SMILES string of the molecule is Cc1ccc(Cn2cc(Br)c(NC(=O)c3ccc(Cl)cc3)n2)cc1. The van der Waals surface area contributed by atoms with E-state index in [0.29, 0.717) is 22.9 Å². The second-order valence-electron chi connectivity index (χ2n) is 5.47. The lowest BCUT2D eigenvalue weighted by molar-refractivity contribution is 0.102. The van der Waals surface area contributed by atoms with Gasteiger partial charge < -0.3 is 5.32 Å². The summed E-state index contributed by atoms with van der Waals surface area (Å²) >= 11 is 9.27. The van der Waals surface area contributed by atoms with E-state index in [1.165, 1.54) is 5.56 Å². The summed E-state index contributed by atoms with van der Waals surface area (Å²) in [7, 11) is 0. The van der Waals surface area contributed by atoms with Crippen LogP contribution < -0.4 is 5.32 Å². The number of benzene rings is 2. The highest BCUT2D eigenvalue weighted by molar-refractivity contribution is 9.10. The molecule has 0 fully saturated rings. The van der Waals surface area contributed by atoms with Gasteiger partial charge in [0.1, 0.15) is 0 Å². The highest BCUT2D eigenvalue weighted by Crippen LogP contribution is 2.22. The number of carbonyl (C=O) groups is 1. The van der Waals surface area contributed by atoms with Crippen molar-refractivity contribution in [3.8, 4) is 0 Å². The minimum atomic E-state index is -0.229. The number of aryl methyl sites for hydroxylation is 1. The molecule has 0 saturated heterocycles. The van der Waals surface area contributed by atoms with Gasteiger partial charge in [-0.05, 0) is 52.7 Å². The third-order valence-electron chi connectivity index (χ3n) is 3.52. The molecule has 0 aliphatic rings. The molecule has 0 saturated carbocycles. The number of carbonyl (C=O) groups excluding carboxylic acids is 1. The standard InChI is InChI=1S/C18H15BrClN3O/c1-12-2-4-13(5-3-12)10-23-11-16(19)17(22-23)21-18(24)14-6-8-15(20)9-7-14/h2-9,11H,10H2,1H3,(H,21,22,24). The normalized spacial score (nSPS) is 10.6. The van der Waals surface area contributed by atoms with E-state index in [2.05, 4.69) is 57.5 Å². The maximum atomic E-state index is 12.3. The van der Waals surface area contributed by atoms with Gasteiger partial charge in [0.15, 0.2) is 5.82 Å². The molecule has 3 aromatic rings. The number of nitrogens with one attached hydrogen (secondary N) is 1. The molecule has 6 heteroatoms. The average molecular weight is 405 g/mol. The number of rotatable bonds is 4. The number of hydrogen-bond donors (Lipinski definition) is 1. The Morgan fingerprint density at radius 2 is 1.83 bits per heavy atom. The van der Waals surface area contributed by atoms with E-state index in [1.807, 2.05) is 6.20 Å². The van der Waals surface area contributed by atoms with Crippen molar-refractivity contribution in [1.82, 2.24) is 9.78 Å². The minimum Gasteiger partial charge on any atom is -0.304 e. The first-order chi connectivity index (χ1) is 11.5. The fraction of sp³-hybridized carbons (Fsp3) is 0.111. The number of amides is 1. The minimum absolute atomic E-state index is 0.229. The lowest BCUT2D eigenvalue weighted by Gasteiger charge is -2.04. The van der Waals surface area contributed by atoms with Gasteiger partial charge in [0.2, 0.25) is 0 Å². The Balaban J connectivity index is 1.72. The zero-order valence-corrected chi connectivity index (χ0v) is 15.3. The van der Waals surface area contributed by atoms with Gasteiger partial charge in [-0.25, -0.2) is 0 Å². The molecule has 24 heavy (non-hydrogen) atoms. The van der Waals surface area contributed by atoms with Crippen LogP contribution in [0.2, 0.25) is 5.02 Å². The van der Waals surface area contributed by atoms with E-state index in [-0.39, 0.29) is 5.91 Å². The summed E-state index contributed by atoms with van der Waals surface area (Å²) in [5.74, 6) is 0.259. The van der Waals surface area contributed by atoms with Crippen molar-refractivity contribution in [2.75, 3.05) is 5.32 Å². The Hall–Kier alpha value is -2.11. The molecule has 3 rings (SSSR count). The van der Waals surface area contributed by atoms with Crippen LogP contribution in [-0.4, -0.2) is 15.7 Å². The molecule has 2 aromatic carbocycles. The molecule has 0 aliphatic heterocycles. The highest BCUT2D eigenvalue weighted by atomic mass is 79.9. The lowest BCUT2D eigenvalue weighted by Crippen LogP contribution is -2.13. The molecule has 1 heterocycles. The molecule has 0 spiro atoms. The van der Waals surface area contributed by atoms with Crippen LogP contribution in [0.1, 0.15) is 21.5 Å². The van der Waals surface area contributed by atoms with Crippen LogP contribution in [0, 0.1) is 6.92 Å². The zero-order chi connectivity index (χ0) is 17.1. The zero-order valence-electron chi connectivity index (χ0n) is 13.0. The topological polar surface area (TPSA) is 46.9 Å². The van der Waals surface area contributed by atoms with E-state index < -0.39 is 0 Å². The highest BCUT2D eigenvalue weighted by Gasteiger charge is 2.12. The second-order valence-corrected chi connectivity index (χ2v) is 6.76. The van der Waals surface area contributed by atoms with Crippen LogP contribution in [-0.2, 0) is 6.54 Å². The van der Waals surface area contributed by atoms with Crippen molar-refractivity contribution in [2.45, 2.75) is 13.5 Å². The summed E-state index contributed by atoms with van der Waals surface area (Å²) in [6.45, 7) is 2.69. The van der Waals surface area contributed by atoms with Crippen LogP contribution in [0.4, 0.5) is 5.82 Å². The Kier molecular flexibility index (Phi) is 5.02. The fourth-order valence-electron chi connectivity index (χ4n) is 2.22. The first-order valence-electron chi connectivity index (χ1n) is 7.37. The van der Waals surface area contributed by atoms with Crippen LogP contribution >= 0.6 is 27.5 Å². The fourth-order valence-corrected chi connectivity index (χ4v) is 2.77.